The third kappa shape index (κ3) is 17.7. The average Bonchev–Trinajstić information content (AvgIpc) is 1.89. The number of nitrogens with two attached hydrogens (primary N) is 1. The van der Waals surface area contributed by atoms with Crippen LogP contribution in [-0.4, -0.2) is 39.9 Å². The first-order valence-corrected chi connectivity index (χ1v) is 2.71. The maximum Gasteiger partial charge on any atom is 0.332 e. The van der Waals surface area contributed by atoms with Gasteiger partial charge in [0.2, 0.25) is 5.91 Å². The van der Waals surface area contributed by atoms with Gasteiger partial charge in [-0.1, -0.05) is 0 Å². The van der Waals surface area contributed by atoms with Gasteiger partial charge in [-0.25, -0.2) is 4.79 Å². The molecule has 11 heavy (non-hydrogen) atoms. The van der Waals surface area contributed by atoms with Gasteiger partial charge in [0.15, 0.2) is 0 Å². The highest BCUT2D eigenvalue weighted by Crippen LogP contribution is 1.73. The van der Waals surface area contributed by atoms with Gasteiger partial charge in [0.05, 0.1) is 0 Å². The number of hydrogen-bond acceptors (Lipinski definition) is 4. The molecule has 1 unspecified atom stereocenters. The van der Waals surface area contributed by atoms with Crippen LogP contribution in [-0.2, 0) is 9.59 Å². The lowest BCUT2D eigenvalue weighted by atomic mass is 10.4. The smallest absolute Gasteiger partial charge is 0.332 e. The first kappa shape index (κ1) is 12.5. The zero-order valence-corrected chi connectivity index (χ0v) is 6.02. The second-order valence-corrected chi connectivity index (χ2v) is 1.64. The predicted octanol–water partition coefficient (Wildman–Crippen LogP) is -2.08. The van der Waals surface area contributed by atoms with Crippen molar-refractivity contribution in [2.24, 2.45) is 5.73 Å². The molecule has 0 aliphatic heterocycles. The van der Waals surface area contributed by atoms with Crippen LogP contribution in [0.2, 0.25) is 0 Å². The molecule has 66 valence electrons. The van der Waals surface area contributed by atoms with E-state index in [-0.39, 0.29) is 0 Å². The Labute approximate surface area is 63.3 Å². The molecule has 0 saturated heterocycles. The van der Waals surface area contributed by atoms with Crippen LogP contribution in [0.15, 0.2) is 0 Å². The first-order chi connectivity index (χ1) is 4.91. The Balaban J connectivity index is 0. The molecule has 0 rings (SSSR count). The van der Waals surface area contributed by atoms with E-state index in [0.29, 0.717) is 0 Å². The molecule has 0 spiro atoms. The molecule has 0 aromatic heterocycles. The van der Waals surface area contributed by atoms with Gasteiger partial charge < -0.3 is 21.1 Å². The fourth-order valence-electron chi connectivity index (χ4n) is 0. The van der Waals surface area contributed by atoms with Crippen molar-refractivity contribution in [3.8, 4) is 0 Å². The topological polar surface area (TPSA) is 121 Å². The lowest BCUT2D eigenvalue weighted by molar-refractivity contribution is -0.145. The summed E-state index contributed by atoms with van der Waals surface area (Å²) in [5, 5.41) is 23.4. The minimum Gasteiger partial charge on any atom is -0.479 e. The van der Waals surface area contributed by atoms with Gasteiger partial charge in [-0.3, -0.25) is 4.79 Å². The Hall–Kier alpha value is -1.14. The summed E-state index contributed by atoms with van der Waals surface area (Å²) in [6.07, 6.45) is -1.23. The highest BCUT2D eigenvalue weighted by Gasteiger charge is 2.01. The van der Waals surface area contributed by atoms with Crippen LogP contribution in [0.5, 0.6) is 0 Å². The van der Waals surface area contributed by atoms with E-state index in [1.54, 1.807) is 0 Å². The molecule has 5 N–H and O–H groups in total. The summed E-state index contributed by atoms with van der Waals surface area (Å²) >= 11 is 0. The minimum absolute atomic E-state index is 0.556. The third-order valence-corrected chi connectivity index (χ3v) is 0.513. The summed E-state index contributed by atoms with van der Waals surface area (Å²) in [6.45, 7) is 0.641. The van der Waals surface area contributed by atoms with Gasteiger partial charge in [-0.05, 0) is 6.92 Å². The molecule has 0 saturated carbocycles. The summed E-state index contributed by atoms with van der Waals surface area (Å²) in [7, 11) is 0. The van der Waals surface area contributed by atoms with Crippen molar-refractivity contribution >= 4 is 11.9 Å². The van der Waals surface area contributed by atoms with Crippen LogP contribution in [0.25, 0.3) is 0 Å². The van der Waals surface area contributed by atoms with Crippen LogP contribution in [0.4, 0.5) is 0 Å². The van der Waals surface area contributed by atoms with Crippen LogP contribution in [0.1, 0.15) is 6.92 Å². The minimum atomic E-state index is -1.23. The number of hydrogen-bond donors (Lipinski definition) is 4. The monoisotopic (exact) mass is 165 g/mol. The molecule has 0 fully saturated rings. The molecule has 6 nitrogen and oxygen atoms in total. The Morgan fingerprint density at radius 2 is 1.73 bits per heavy atom. The number of carboxylic acids is 1. The number of aliphatic hydroxyl groups is 2. The van der Waals surface area contributed by atoms with Gasteiger partial charge in [-0.15, -0.1) is 0 Å². The van der Waals surface area contributed by atoms with Crippen molar-refractivity contribution < 1.29 is 24.9 Å². The maximum atomic E-state index is 9.45. The predicted molar refractivity (Wildman–Crippen MR) is 35.6 cm³/mol. The quantitative estimate of drug-likeness (QED) is 0.374. The van der Waals surface area contributed by atoms with Crippen molar-refractivity contribution in [1.82, 2.24) is 0 Å². The lowest BCUT2D eigenvalue weighted by Gasteiger charge is -1.89. The number of carbonyl (C=O) groups is 2. The highest BCUT2D eigenvalue weighted by molar-refractivity contribution is 5.74. The van der Waals surface area contributed by atoms with Crippen molar-refractivity contribution in [3.05, 3.63) is 0 Å². The third-order valence-electron chi connectivity index (χ3n) is 0.513. The molecule has 0 aliphatic rings. The molecule has 0 aromatic rings. The lowest BCUT2D eigenvalue weighted by Crippen LogP contribution is -2.14. The van der Waals surface area contributed by atoms with Gasteiger partial charge in [0.25, 0.3) is 0 Å². The Morgan fingerprint density at radius 3 is 1.73 bits per heavy atom. The van der Waals surface area contributed by atoms with E-state index in [1.165, 1.54) is 6.92 Å². The number of carbonyl (C=O) groups excluding carboxylic acids is 1. The number of amides is 1. The summed E-state index contributed by atoms with van der Waals surface area (Å²) in [6, 6.07) is 0. The van der Waals surface area contributed by atoms with E-state index < -0.39 is 24.6 Å². The molecule has 0 heterocycles. The summed E-state index contributed by atoms with van der Waals surface area (Å²) in [4.78, 5) is 18.8. The SMILES string of the molecule is CC(O)C(=O)O.NC(=O)CO. The van der Waals surface area contributed by atoms with Crippen molar-refractivity contribution in [3.63, 3.8) is 0 Å². The molecule has 6 heteroatoms. The molecular formula is C5H11NO5. The van der Waals surface area contributed by atoms with Gasteiger partial charge in [0, 0.05) is 0 Å². The summed E-state index contributed by atoms with van der Waals surface area (Å²) < 4.78 is 0. The summed E-state index contributed by atoms with van der Waals surface area (Å²) in [5.74, 6) is -1.87. The molecule has 1 amide bonds. The van der Waals surface area contributed by atoms with E-state index in [2.05, 4.69) is 5.73 Å². The standard InChI is InChI=1S/C3H6O3.C2H5NO2/c1-2(4)3(5)6;3-2(5)1-4/h2,4H,1H3,(H,5,6);4H,1H2,(H2,3,5). The number of carboxylic acid groups (broad SMARTS) is 1. The first-order valence-electron chi connectivity index (χ1n) is 2.71. The fourth-order valence-corrected chi connectivity index (χ4v) is 0. The van der Waals surface area contributed by atoms with E-state index in [9.17, 15) is 9.59 Å². The van der Waals surface area contributed by atoms with E-state index in [4.69, 9.17) is 15.3 Å². The average molecular weight is 165 g/mol. The van der Waals surface area contributed by atoms with Crippen LogP contribution >= 0.6 is 0 Å². The molecule has 1 atom stereocenters. The second kappa shape index (κ2) is 6.97. The summed E-state index contributed by atoms with van der Waals surface area (Å²) in [5.41, 5.74) is 4.40. The van der Waals surface area contributed by atoms with Crippen LogP contribution in [0.3, 0.4) is 0 Å². The fraction of sp³-hybridized carbons (Fsp3) is 0.600. The highest BCUT2D eigenvalue weighted by atomic mass is 16.4. The molecule has 0 aromatic carbocycles. The van der Waals surface area contributed by atoms with Crippen LogP contribution in [0, 0.1) is 0 Å². The van der Waals surface area contributed by atoms with Crippen molar-refractivity contribution in [2.75, 3.05) is 6.61 Å². The Bertz CT molecular complexity index is 133. The van der Waals surface area contributed by atoms with Gasteiger partial charge >= 0.3 is 5.97 Å². The molecule has 0 radical (unpaired) electrons. The Morgan fingerprint density at radius 1 is 1.55 bits per heavy atom. The van der Waals surface area contributed by atoms with E-state index in [0.717, 1.165) is 0 Å². The number of primary amides is 1. The zero-order chi connectivity index (χ0) is 9.44. The van der Waals surface area contributed by atoms with Crippen molar-refractivity contribution in [1.29, 1.82) is 0 Å². The van der Waals surface area contributed by atoms with Crippen molar-refractivity contribution in [2.45, 2.75) is 13.0 Å². The molecule has 0 bridgehead atoms. The largest absolute Gasteiger partial charge is 0.479 e. The normalized spacial score (nSPS) is 10.8. The number of rotatable bonds is 2. The Kier molecular flexibility index (Phi) is 7.94. The number of aliphatic hydroxyl groups excluding tert-OH is 2. The molecule has 0 aliphatic carbocycles. The second-order valence-electron chi connectivity index (χ2n) is 1.64. The van der Waals surface area contributed by atoms with Gasteiger partial charge in [0.1, 0.15) is 12.7 Å². The van der Waals surface area contributed by atoms with Gasteiger partial charge in [-0.2, -0.15) is 0 Å². The zero-order valence-electron chi connectivity index (χ0n) is 6.02. The maximum absolute atomic E-state index is 9.45. The van der Waals surface area contributed by atoms with E-state index >= 15 is 0 Å². The van der Waals surface area contributed by atoms with E-state index in [1.807, 2.05) is 0 Å². The molecular weight excluding hydrogens is 154 g/mol. The number of aliphatic carboxylic acids is 1. The van der Waals surface area contributed by atoms with Crippen LogP contribution < -0.4 is 5.73 Å².